The molecule has 1 aliphatic rings. The zero-order chi connectivity index (χ0) is 20.6. The summed E-state index contributed by atoms with van der Waals surface area (Å²) in [5.74, 6) is 1.65. The first kappa shape index (κ1) is 20.7. The lowest BCUT2D eigenvalue weighted by Crippen LogP contribution is -2.25. The Bertz CT molecular complexity index is 983. The average Bonchev–Trinajstić information content (AvgIpc) is 3.30. The molecule has 2 heterocycles. The van der Waals surface area contributed by atoms with E-state index in [0.29, 0.717) is 11.6 Å². The Morgan fingerprint density at radius 2 is 1.77 bits per heavy atom. The van der Waals surface area contributed by atoms with Crippen molar-refractivity contribution in [3.8, 4) is 11.4 Å². The Balaban J connectivity index is 1.35. The van der Waals surface area contributed by atoms with Crippen molar-refractivity contribution in [1.29, 1.82) is 0 Å². The van der Waals surface area contributed by atoms with Crippen LogP contribution in [0.5, 0.6) is 5.75 Å². The summed E-state index contributed by atoms with van der Waals surface area (Å²) in [5, 5.41) is 0.527. The fourth-order valence-electron chi connectivity index (χ4n) is 3.61. The predicted octanol–water partition coefficient (Wildman–Crippen LogP) is 4.04. The van der Waals surface area contributed by atoms with E-state index in [-0.39, 0.29) is 5.56 Å². The minimum Gasteiger partial charge on any atom is -0.492 e. The second-order valence-corrected chi connectivity index (χ2v) is 8.47. The fourth-order valence-corrected chi connectivity index (χ4v) is 4.50. The minimum atomic E-state index is -0.0849. The van der Waals surface area contributed by atoms with Crippen molar-refractivity contribution in [3.63, 3.8) is 0 Å². The third-order valence-corrected chi connectivity index (χ3v) is 6.23. The standard InChI is InChI=1S/C24H27N3O2S/c28-24-23(30-19-12-20-6-2-1-3-7-20)25-13-16-27(24)21-8-10-22(11-9-21)29-18-17-26-14-4-5-15-26/h1-3,6-11,13,16H,4-5,12,14-15,17-19H2. The van der Waals surface area contributed by atoms with Crippen LogP contribution in [0.25, 0.3) is 5.69 Å². The maximum absolute atomic E-state index is 12.9. The van der Waals surface area contributed by atoms with E-state index in [9.17, 15) is 4.79 Å². The summed E-state index contributed by atoms with van der Waals surface area (Å²) in [6.45, 7) is 4.02. The second-order valence-electron chi connectivity index (χ2n) is 7.38. The molecule has 1 fully saturated rings. The molecule has 0 radical (unpaired) electrons. The molecule has 0 aliphatic carbocycles. The van der Waals surface area contributed by atoms with Gasteiger partial charge < -0.3 is 4.74 Å². The van der Waals surface area contributed by atoms with Crippen LogP contribution in [0, 0.1) is 0 Å². The summed E-state index contributed by atoms with van der Waals surface area (Å²) in [4.78, 5) is 19.6. The topological polar surface area (TPSA) is 47.4 Å². The number of thioether (sulfide) groups is 1. The Labute approximate surface area is 181 Å². The molecule has 0 bridgehead atoms. The van der Waals surface area contributed by atoms with Crippen molar-refractivity contribution in [3.05, 3.63) is 82.9 Å². The van der Waals surface area contributed by atoms with Gasteiger partial charge in [0.05, 0.1) is 0 Å². The molecule has 4 rings (SSSR count). The van der Waals surface area contributed by atoms with Crippen molar-refractivity contribution in [2.75, 3.05) is 32.0 Å². The number of likely N-dealkylation sites (tertiary alicyclic amines) is 1. The van der Waals surface area contributed by atoms with E-state index in [0.717, 1.165) is 30.2 Å². The molecule has 0 spiro atoms. The predicted molar refractivity (Wildman–Crippen MR) is 122 cm³/mol. The van der Waals surface area contributed by atoms with Gasteiger partial charge in [0.15, 0.2) is 5.03 Å². The maximum Gasteiger partial charge on any atom is 0.287 e. The lowest BCUT2D eigenvalue weighted by molar-refractivity contribution is 0.238. The van der Waals surface area contributed by atoms with Crippen LogP contribution in [0.15, 0.2) is 76.8 Å². The number of benzene rings is 2. The van der Waals surface area contributed by atoms with Crippen molar-refractivity contribution in [1.82, 2.24) is 14.5 Å². The van der Waals surface area contributed by atoms with E-state index in [1.54, 1.807) is 17.0 Å². The van der Waals surface area contributed by atoms with Crippen LogP contribution in [0.2, 0.25) is 0 Å². The van der Waals surface area contributed by atoms with E-state index in [2.05, 4.69) is 22.0 Å². The molecule has 5 nitrogen and oxygen atoms in total. The van der Waals surface area contributed by atoms with Gasteiger partial charge in [-0.15, -0.1) is 11.8 Å². The number of hydrogen-bond acceptors (Lipinski definition) is 5. The van der Waals surface area contributed by atoms with E-state index in [1.165, 1.54) is 43.3 Å². The molecule has 1 saturated heterocycles. The second kappa shape index (κ2) is 10.5. The zero-order valence-corrected chi connectivity index (χ0v) is 17.9. The summed E-state index contributed by atoms with van der Waals surface area (Å²) in [6.07, 6.45) is 6.90. The fraction of sp³-hybridized carbons (Fsp3) is 0.333. The van der Waals surface area contributed by atoms with E-state index < -0.39 is 0 Å². The lowest BCUT2D eigenvalue weighted by atomic mass is 10.2. The number of aromatic nitrogens is 2. The molecular formula is C24H27N3O2S. The van der Waals surface area contributed by atoms with Crippen LogP contribution >= 0.6 is 11.8 Å². The van der Waals surface area contributed by atoms with E-state index in [4.69, 9.17) is 4.74 Å². The largest absolute Gasteiger partial charge is 0.492 e. The van der Waals surface area contributed by atoms with Crippen molar-refractivity contribution < 1.29 is 4.74 Å². The third-order valence-electron chi connectivity index (χ3n) is 5.27. The van der Waals surface area contributed by atoms with Crippen LogP contribution in [-0.4, -0.2) is 46.4 Å². The van der Waals surface area contributed by atoms with Crippen LogP contribution < -0.4 is 10.3 Å². The number of rotatable bonds is 9. The average molecular weight is 422 g/mol. The van der Waals surface area contributed by atoms with Crippen molar-refractivity contribution in [2.24, 2.45) is 0 Å². The monoisotopic (exact) mass is 421 g/mol. The van der Waals surface area contributed by atoms with Crippen molar-refractivity contribution >= 4 is 11.8 Å². The van der Waals surface area contributed by atoms with Crippen LogP contribution in [-0.2, 0) is 6.42 Å². The van der Waals surface area contributed by atoms with Gasteiger partial charge in [-0.05, 0) is 62.2 Å². The molecule has 0 saturated carbocycles. The van der Waals surface area contributed by atoms with Gasteiger partial charge in [0.2, 0.25) is 0 Å². The van der Waals surface area contributed by atoms with Crippen molar-refractivity contribution in [2.45, 2.75) is 24.3 Å². The van der Waals surface area contributed by atoms with Gasteiger partial charge in [-0.25, -0.2) is 4.98 Å². The van der Waals surface area contributed by atoms with Gasteiger partial charge in [0.1, 0.15) is 12.4 Å². The number of ether oxygens (including phenoxy) is 1. The molecule has 30 heavy (non-hydrogen) atoms. The van der Waals surface area contributed by atoms with Gasteiger partial charge >= 0.3 is 0 Å². The highest BCUT2D eigenvalue weighted by Crippen LogP contribution is 2.17. The van der Waals surface area contributed by atoms with E-state index in [1.807, 2.05) is 42.5 Å². The third kappa shape index (κ3) is 5.52. The first-order valence-corrected chi connectivity index (χ1v) is 11.5. The molecule has 3 aromatic rings. The Kier molecular flexibility index (Phi) is 7.21. The Morgan fingerprint density at radius 1 is 1.00 bits per heavy atom. The molecule has 0 unspecified atom stereocenters. The number of aryl methyl sites for hydroxylation is 1. The molecule has 0 N–H and O–H groups in total. The first-order chi connectivity index (χ1) is 14.8. The van der Waals surface area contributed by atoms with Crippen LogP contribution in [0.1, 0.15) is 18.4 Å². The summed E-state index contributed by atoms with van der Waals surface area (Å²) >= 11 is 1.50. The van der Waals surface area contributed by atoms with Crippen LogP contribution in [0.4, 0.5) is 0 Å². The molecule has 1 aromatic heterocycles. The minimum absolute atomic E-state index is 0.0849. The molecule has 0 atom stereocenters. The van der Waals surface area contributed by atoms with Gasteiger partial charge in [0, 0.05) is 30.4 Å². The highest BCUT2D eigenvalue weighted by molar-refractivity contribution is 7.99. The first-order valence-electron chi connectivity index (χ1n) is 10.5. The smallest absolute Gasteiger partial charge is 0.287 e. The Morgan fingerprint density at radius 3 is 2.53 bits per heavy atom. The Hall–Kier alpha value is -2.57. The SMILES string of the molecule is O=c1c(SCCc2ccccc2)nccn1-c1ccc(OCCN2CCCC2)cc1. The lowest BCUT2D eigenvalue weighted by Gasteiger charge is -2.15. The number of hydrogen-bond donors (Lipinski definition) is 0. The molecule has 156 valence electrons. The van der Waals surface area contributed by atoms with Gasteiger partial charge in [-0.3, -0.25) is 14.3 Å². The molecule has 6 heteroatoms. The van der Waals surface area contributed by atoms with Gasteiger partial charge in [-0.1, -0.05) is 30.3 Å². The summed E-state index contributed by atoms with van der Waals surface area (Å²) in [7, 11) is 0. The number of nitrogens with zero attached hydrogens (tertiary/aromatic N) is 3. The molecular weight excluding hydrogens is 394 g/mol. The molecule has 1 aliphatic heterocycles. The summed E-state index contributed by atoms with van der Waals surface area (Å²) in [6, 6.07) is 18.0. The zero-order valence-electron chi connectivity index (χ0n) is 17.1. The normalized spacial score (nSPS) is 14.1. The quantitative estimate of drug-likeness (QED) is 0.488. The summed E-state index contributed by atoms with van der Waals surface area (Å²) < 4.78 is 7.51. The van der Waals surface area contributed by atoms with Gasteiger partial charge in [0.25, 0.3) is 5.56 Å². The van der Waals surface area contributed by atoms with E-state index >= 15 is 0 Å². The van der Waals surface area contributed by atoms with Crippen LogP contribution in [0.3, 0.4) is 0 Å². The summed E-state index contributed by atoms with van der Waals surface area (Å²) in [5.41, 5.74) is 2.00. The highest BCUT2D eigenvalue weighted by atomic mass is 32.2. The van der Waals surface area contributed by atoms with Gasteiger partial charge in [-0.2, -0.15) is 0 Å². The highest BCUT2D eigenvalue weighted by Gasteiger charge is 2.11. The molecule has 0 amide bonds. The molecule has 2 aromatic carbocycles. The maximum atomic E-state index is 12.9.